The highest BCUT2D eigenvalue weighted by molar-refractivity contribution is 5.79. The normalized spacial score (nSPS) is 11.8. The predicted molar refractivity (Wildman–Crippen MR) is 89.6 cm³/mol. The molecule has 0 radical (unpaired) electrons. The summed E-state index contributed by atoms with van der Waals surface area (Å²) < 4.78 is 5.54. The van der Waals surface area contributed by atoms with Gasteiger partial charge in [-0.25, -0.2) is 0 Å². The van der Waals surface area contributed by atoms with Crippen molar-refractivity contribution in [1.82, 2.24) is 10.2 Å². The van der Waals surface area contributed by atoms with Crippen LogP contribution < -0.4 is 5.32 Å². The van der Waals surface area contributed by atoms with E-state index in [-0.39, 0.29) is 0 Å². The number of hydrogen-bond donors (Lipinski definition) is 1. The van der Waals surface area contributed by atoms with E-state index in [1.54, 1.807) is 0 Å². The first-order valence-corrected chi connectivity index (χ1v) is 7.78. The zero-order valence-electron chi connectivity index (χ0n) is 13.8. The Kier molecular flexibility index (Phi) is 8.51. The average Bonchev–Trinajstić information content (AvgIpc) is 2.46. The molecule has 1 aromatic rings. The number of aliphatic imine (C=N–C) groups is 1. The fourth-order valence-corrected chi connectivity index (χ4v) is 1.97. The second kappa shape index (κ2) is 10.2. The minimum absolute atomic E-state index is 0.294. The molecule has 1 N–H and O–H groups in total. The smallest absolute Gasteiger partial charge is 0.193 e. The van der Waals surface area contributed by atoms with E-state index in [0.29, 0.717) is 6.10 Å². The maximum atomic E-state index is 5.54. The van der Waals surface area contributed by atoms with Gasteiger partial charge in [0.1, 0.15) is 0 Å². The average molecular weight is 291 g/mol. The Balaban J connectivity index is 2.46. The Hall–Kier alpha value is -1.55. The number of nitrogens with one attached hydrogen (secondary N) is 1. The van der Waals surface area contributed by atoms with Gasteiger partial charge in [0, 0.05) is 33.3 Å². The van der Waals surface area contributed by atoms with E-state index < -0.39 is 0 Å². The van der Waals surface area contributed by atoms with E-state index >= 15 is 0 Å². The van der Waals surface area contributed by atoms with Gasteiger partial charge in [0.05, 0.1) is 6.10 Å². The molecule has 0 aliphatic carbocycles. The van der Waals surface area contributed by atoms with Gasteiger partial charge in [-0.3, -0.25) is 4.99 Å². The number of hydrogen-bond acceptors (Lipinski definition) is 2. The van der Waals surface area contributed by atoms with Crippen molar-refractivity contribution in [1.29, 1.82) is 0 Å². The quantitative estimate of drug-likeness (QED) is 0.454. The summed E-state index contributed by atoms with van der Waals surface area (Å²) in [6.07, 6.45) is 1.25. The van der Waals surface area contributed by atoms with Crippen LogP contribution >= 0.6 is 0 Å². The zero-order chi connectivity index (χ0) is 15.5. The lowest BCUT2D eigenvalue weighted by atomic mass is 10.2. The molecular formula is C17H29N3O. The number of ether oxygens (including phenoxy) is 1. The molecule has 1 rings (SSSR count). The van der Waals surface area contributed by atoms with Crippen molar-refractivity contribution < 1.29 is 4.74 Å². The Morgan fingerprint density at radius 1 is 1.29 bits per heavy atom. The van der Waals surface area contributed by atoms with Gasteiger partial charge < -0.3 is 15.0 Å². The molecule has 0 aromatic heterocycles. The molecule has 0 unspecified atom stereocenters. The molecule has 0 atom stereocenters. The van der Waals surface area contributed by atoms with E-state index in [9.17, 15) is 0 Å². The third-order valence-corrected chi connectivity index (χ3v) is 2.97. The molecule has 0 bridgehead atoms. The first-order chi connectivity index (χ1) is 10.1. The molecule has 4 nitrogen and oxygen atoms in total. The van der Waals surface area contributed by atoms with Crippen molar-refractivity contribution in [2.24, 2.45) is 4.99 Å². The molecule has 21 heavy (non-hydrogen) atoms. The summed E-state index contributed by atoms with van der Waals surface area (Å²) in [7, 11) is 2.07. The van der Waals surface area contributed by atoms with Gasteiger partial charge in [-0.15, -0.1) is 0 Å². The van der Waals surface area contributed by atoms with Crippen LogP contribution in [0.3, 0.4) is 0 Å². The topological polar surface area (TPSA) is 36.9 Å². The zero-order valence-corrected chi connectivity index (χ0v) is 13.8. The van der Waals surface area contributed by atoms with Gasteiger partial charge in [0.25, 0.3) is 0 Å². The van der Waals surface area contributed by atoms with Crippen LogP contribution in [-0.2, 0) is 11.3 Å². The summed E-state index contributed by atoms with van der Waals surface area (Å²) in [6.45, 7) is 9.49. The predicted octanol–water partition coefficient (Wildman–Crippen LogP) is 2.90. The van der Waals surface area contributed by atoms with Crippen molar-refractivity contribution in [2.75, 3.05) is 26.7 Å². The number of nitrogens with zero attached hydrogens (tertiary/aromatic N) is 2. The summed E-state index contributed by atoms with van der Waals surface area (Å²) in [5.41, 5.74) is 1.29. The van der Waals surface area contributed by atoms with E-state index in [0.717, 1.165) is 38.6 Å². The van der Waals surface area contributed by atoms with Gasteiger partial charge >= 0.3 is 0 Å². The minimum Gasteiger partial charge on any atom is -0.379 e. The highest BCUT2D eigenvalue weighted by Gasteiger charge is 2.05. The van der Waals surface area contributed by atoms with Crippen LogP contribution in [0.15, 0.2) is 35.3 Å². The van der Waals surface area contributed by atoms with Crippen molar-refractivity contribution in [3.8, 4) is 0 Å². The first-order valence-electron chi connectivity index (χ1n) is 7.78. The maximum Gasteiger partial charge on any atom is 0.193 e. The third-order valence-electron chi connectivity index (χ3n) is 2.97. The fourth-order valence-electron chi connectivity index (χ4n) is 1.97. The Bertz CT molecular complexity index is 404. The highest BCUT2D eigenvalue weighted by Crippen LogP contribution is 2.03. The Labute approximate surface area is 129 Å². The van der Waals surface area contributed by atoms with Gasteiger partial charge in [0.15, 0.2) is 5.96 Å². The van der Waals surface area contributed by atoms with Crippen LogP contribution in [0.4, 0.5) is 0 Å². The number of guanidine groups is 1. The maximum absolute atomic E-state index is 5.54. The summed E-state index contributed by atoms with van der Waals surface area (Å²) in [6, 6.07) is 10.4. The number of benzene rings is 1. The number of rotatable bonds is 8. The van der Waals surface area contributed by atoms with Gasteiger partial charge in [0.2, 0.25) is 0 Å². The molecule has 0 fully saturated rings. The monoisotopic (exact) mass is 291 g/mol. The first kappa shape index (κ1) is 17.5. The standard InChI is InChI=1S/C17H29N3O/c1-5-18-17(19-12-9-13-21-15(2)3)20(4)14-16-10-7-6-8-11-16/h6-8,10-11,15H,5,9,12-14H2,1-4H3,(H,18,19). The lowest BCUT2D eigenvalue weighted by molar-refractivity contribution is 0.0782. The molecule has 0 heterocycles. The second-order valence-corrected chi connectivity index (χ2v) is 5.35. The third kappa shape index (κ3) is 7.71. The van der Waals surface area contributed by atoms with Crippen LogP contribution in [0.1, 0.15) is 32.8 Å². The van der Waals surface area contributed by atoms with Crippen molar-refractivity contribution in [2.45, 2.75) is 39.8 Å². The highest BCUT2D eigenvalue weighted by atomic mass is 16.5. The van der Waals surface area contributed by atoms with Gasteiger partial charge in [-0.1, -0.05) is 30.3 Å². The molecule has 1 aromatic carbocycles. The van der Waals surface area contributed by atoms with Crippen LogP contribution in [0.2, 0.25) is 0 Å². The molecular weight excluding hydrogens is 262 g/mol. The molecule has 0 saturated carbocycles. The second-order valence-electron chi connectivity index (χ2n) is 5.35. The molecule has 0 saturated heterocycles. The molecule has 0 aliphatic rings. The Morgan fingerprint density at radius 2 is 2.00 bits per heavy atom. The van der Waals surface area contributed by atoms with E-state index in [2.05, 4.69) is 67.3 Å². The van der Waals surface area contributed by atoms with Crippen molar-refractivity contribution in [3.05, 3.63) is 35.9 Å². The summed E-state index contributed by atoms with van der Waals surface area (Å²) >= 11 is 0. The van der Waals surface area contributed by atoms with E-state index in [1.165, 1.54) is 5.56 Å². The molecule has 4 heteroatoms. The molecule has 0 aliphatic heterocycles. The van der Waals surface area contributed by atoms with Gasteiger partial charge in [-0.05, 0) is 32.8 Å². The van der Waals surface area contributed by atoms with E-state index in [1.807, 2.05) is 6.07 Å². The SMILES string of the molecule is CCNC(=NCCCOC(C)C)N(C)Cc1ccccc1. The minimum atomic E-state index is 0.294. The van der Waals surface area contributed by atoms with E-state index in [4.69, 9.17) is 4.74 Å². The summed E-state index contributed by atoms with van der Waals surface area (Å²) in [4.78, 5) is 6.81. The van der Waals surface area contributed by atoms with Crippen LogP contribution in [0.25, 0.3) is 0 Å². The lowest BCUT2D eigenvalue weighted by Crippen LogP contribution is -2.38. The van der Waals surface area contributed by atoms with Crippen molar-refractivity contribution in [3.63, 3.8) is 0 Å². The molecule has 0 spiro atoms. The lowest BCUT2D eigenvalue weighted by Gasteiger charge is -2.22. The summed E-state index contributed by atoms with van der Waals surface area (Å²) in [5.74, 6) is 0.950. The molecule has 118 valence electrons. The van der Waals surface area contributed by atoms with Crippen LogP contribution in [-0.4, -0.2) is 43.7 Å². The molecule has 0 amide bonds. The van der Waals surface area contributed by atoms with Crippen molar-refractivity contribution >= 4 is 5.96 Å². The fraction of sp³-hybridized carbons (Fsp3) is 0.588. The van der Waals surface area contributed by atoms with Gasteiger partial charge in [-0.2, -0.15) is 0 Å². The summed E-state index contributed by atoms with van der Waals surface area (Å²) in [5, 5.41) is 3.34. The van der Waals surface area contributed by atoms with Crippen LogP contribution in [0, 0.1) is 0 Å². The Morgan fingerprint density at radius 3 is 2.62 bits per heavy atom. The van der Waals surface area contributed by atoms with Crippen LogP contribution in [0.5, 0.6) is 0 Å². The largest absolute Gasteiger partial charge is 0.379 e.